The number of hydrogen-bond acceptors (Lipinski definition) is 0. The Morgan fingerprint density at radius 3 is 0.762 bits per heavy atom. The van der Waals surface area contributed by atoms with Gasteiger partial charge in [-0.3, -0.25) is 0 Å². The van der Waals surface area contributed by atoms with Crippen molar-refractivity contribution in [2.24, 2.45) is 0 Å². The maximum Gasteiger partial charge on any atom is 0.00331 e. The molecule has 6 aliphatic carbocycles. The topological polar surface area (TPSA) is 0 Å². The summed E-state index contributed by atoms with van der Waals surface area (Å²) in [6.07, 6.45) is 19.2. The van der Waals surface area contributed by atoms with Crippen molar-refractivity contribution in [3.63, 3.8) is 0 Å². The van der Waals surface area contributed by atoms with Gasteiger partial charge in [0.15, 0.2) is 0 Å². The number of hydrogen-bond donors (Lipinski definition) is 0. The Morgan fingerprint density at radius 2 is 0.571 bits per heavy atom. The van der Waals surface area contributed by atoms with Gasteiger partial charge in [-0.05, 0) is 52.6 Å². The molecule has 0 spiro atoms. The van der Waals surface area contributed by atoms with Gasteiger partial charge in [-0.15, -0.1) is 0 Å². The molecule has 0 fully saturated rings. The summed E-state index contributed by atoms with van der Waals surface area (Å²) in [5, 5.41) is 0. The van der Waals surface area contributed by atoms with Crippen LogP contribution in [-0.2, 0) is 0 Å². The number of rotatable bonds is 0. The van der Waals surface area contributed by atoms with E-state index in [1.165, 1.54) is 19.3 Å². The van der Waals surface area contributed by atoms with E-state index in [1.54, 1.807) is 33.4 Å². The molecule has 102 valence electrons. The van der Waals surface area contributed by atoms with Gasteiger partial charge in [0, 0.05) is 35.5 Å². The molecule has 7 rings (SSSR count). The first-order chi connectivity index (χ1) is 10.4. The van der Waals surface area contributed by atoms with Gasteiger partial charge in [0.25, 0.3) is 0 Å². The highest BCUT2D eigenvalue weighted by atomic mass is 14.5. The van der Waals surface area contributed by atoms with Crippen LogP contribution in [0.4, 0.5) is 0 Å². The zero-order valence-electron chi connectivity index (χ0n) is 12.0. The van der Waals surface area contributed by atoms with Crippen molar-refractivity contribution < 1.29 is 0 Å². The van der Waals surface area contributed by atoms with Crippen LogP contribution < -0.4 is 0 Å². The summed E-state index contributed by atoms with van der Waals surface area (Å²) in [5.41, 5.74) is 10.8. The largest absolute Gasteiger partial charge is 0.0803 e. The molecule has 1 aromatic carbocycles. The van der Waals surface area contributed by atoms with Crippen molar-refractivity contribution in [2.45, 2.75) is 54.8 Å². The Bertz CT molecular complexity index is 627. The lowest BCUT2D eigenvalue weighted by atomic mass is 9.76. The number of benzene rings is 1. The summed E-state index contributed by atoms with van der Waals surface area (Å²) in [6, 6.07) is 0. The summed E-state index contributed by atoms with van der Waals surface area (Å²) in [4.78, 5) is 0. The van der Waals surface area contributed by atoms with E-state index in [0.717, 1.165) is 35.5 Å². The average Bonchev–Trinajstić information content (AvgIpc) is 3.34. The first-order valence-electron chi connectivity index (χ1n) is 8.68. The molecule has 0 saturated carbocycles. The second-order valence-corrected chi connectivity index (χ2v) is 7.98. The predicted molar refractivity (Wildman–Crippen MR) is 84.2 cm³/mol. The molecule has 0 N–H and O–H groups in total. The minimum absolute atomic E-state index is 0.750. The highest BCUT2D eigenvalue weighted by Gasteiger charge is 2.49. The Kier molecular flexibility index (Phi) is 1.45. The van der Waals surface area contributed by atoms with Crippen LogP contribution in [0.25, 0.3) is 0 Å². The lowest BCUT2D eigenvalue weighted by Gasteiger charge is -2.28. The average molecular weight is 270 g/mol. The van der Waals surface area contributed by atoms with Crippen LogP contribution in [0, 0.1) is 0 Å². The molecule has 0 saturated heterocycles. The lowest BCUT2D eigenvalue weighted by Crippen LogP contribution is -2.12. The second-order valence-electron chi connectivity index (χ2n) is 7.98. The van der Waals surface area contributed by atoms with E-state index in [0.29, 0.717) is 0 Å². The van der Waals surface area contributed by atoms with Crippen molar-refractivity contribution in [3.8, 4) is 0 Å². The van der Waals surface area contributed by atoms with Crippen LogP contribution >= 0.6 is 0 Å². The molecule has 6 aliphatic rings. The van der Waals surface area contributed by atoms with Crippen molar-refractivity contribution in [2.75, 3.05) is 0 Å². The van der Waals surface area contributed by atoms with Crippen LogP contribution in [0.5, 0.6) is 0 Å². The van der Waals surface area contributed by atoms with Crippen molar-refractivity contribution in [1.82, 2.24) is 0 Å². The van der Waals surface area contributed by atoms with Gasteiger partial charge < -0.3 is 0 Å². The summed E-state index contributed by atoms with van der Waals surface area (Å²) in [5.74, 6) is 4.50. The Hall–Kier alpha value is -1.56. The van der Waals surface area contributed by atoms with Crippen molar-refractivity contribution >= 4 is 0 Å². The molecule has 6 atom stereocenters. The molecule has 6 bridgehead atoms. The number of fused-ring (bicyclic) bond motifs is 18. The summed E-state index contributed by atoms with van der Waals surface area (Å²) in [6.45, 7) is 0. The van der Waals surface area contributed by atoms with E-state index >= 15 is 0 Å². The molecular weight excluding hydrogens is 252 g/mol. The highest BCUT2D eigenvalue weighted by molar-refractivity contribution is 5.71. The second kappa shape index (κ2) is 2.97. The molecule has 0 aromatic heterocycles. The summed E-state index contributed by atoms with van der Waals surface area (Å²) in [7, 11) is 0. The van der Waals surface area contributed by atoms with Crippen molar-refractivity contribution in [3.05, 3.63) is 69.8 Å². The molecule has 0 aliphatic heterocycles. The highest BCUT2D eigenvalue weighted by Crippen LogP contribution is 2.65. The van der Waals surface area contributed by atoms with Crippen LogP contribution in [0.1, 0.15) is 88.2 Å². The van der Waals surface area contributed by atoms with E-state index in [2.05, 4.69) is 36.5 Å². The predicted octanol–water partition coefficient (Wildman–Crippen LogP) is 5.11. The molecule has 1 aromatic rings. The van der Waals surface area contributed by atoms with E-state index in [4.69, 9.17) is 0 Å². The fourth-order valence-corrected chi connectivity index (χ4v) is 6.65. The van der Waals surface area contributed by atoms with Gasteiger partial charge >= 0.3 is 0 Å². The molecule has 0 radical (unpaired) electrons. The zero-order valence-corrected chi connectivity index (χ0v) is 12.0. The number of allylic oxidation sites excluding steroid dienone is 6. The van der Waals surface area contributed by atoms with E-state index in [1.807, 2.05) is 0 Å². The first-order valence-corrected chi connectivity index (χ1v) is 8.68. The molecular formula is C21H18. The van der Waals surface area contributed by atoms with Crippen molar-refractivity contribution in [1.29, 1.82) is 0 Å². The fourth-order valence-electron chi connectivity index (χ4n) is 6.65. The van der Waals surface area contributed by atoms with Crippen LogP contribution in [0.15, 0.2) is 36.5 Å². The standard InChI is InChI=1S/C21H18/c1-2-11-7-10(1)16-17(11)19-13-5-6-15(9-13)21(19)20-14-4-3-12(8-14)18(16)20/h1-6,10-15H,7-9H2/t10-,11+,12+,13-,14-,15+. The molecule has 0 heteroatoms. The van der Waals surface area contributed by atoms with Crippen LogP contribution in [-0.4, -0.2) is 0 Å². The smallest absolute Gasteiger partial charge is 0.00331 e. The van der Waals surface area contributed by atoms with Crippen LogP contribution in [0.2, 0.25) is 0 Å². The van der Waals surface area contributed by atoms with E-state index in [9.17, 15) is 0 Å². The van der Waals surface area contributed by atoms with E-state index < -0.39 is 0 Å². The van der Waals surface area contributed by atoms with Gasteiger partial charge in [0.05, 0.1) is 0 Å². The Labute approximate surface area is 125 Å². The Balaban J connectivity index is 1.68. The van der Waals surface area contributed by atoms with Gasteiger partial charge in [0.1, 0.15) is 0 Å². The first kappa shape index (κ1) is 10.2. The van der Waals surface area contributed by atoms with Gasteiger partial charge in [0.2, 0.25) is 0 Å². The lowest BCUT2D eigenvalue weighted by molar-refractivity contribution is 0.779. The minimum atomic E-state index is 0.750. The zero-order chi connectivity index (χ0) is 13.3. The Morgan fingerprint density at radius 1 is 0.381 bits per heavy atom. The molecule has 0 unspecified atom stereocenters. The monoisotopic (exact) mass is 270 g/mol. The third-order valence-corrected chi connectivity index (χ3v) is 7.22. The van der Waals surface area contributed by atoms with Gasteiger partial charge in [-0.2, -0.15) is 0 Å². The molecule has 0 nitrogen and oxygen atoms in total. The molecule has 0 amide bonds. The quantitative estimate of drug-likeness (QED) is 0.575. The summed E-state index contributed by atoms with van der Waals surface area (Å²) >= 11 is 0. The SMILES string of the molecule is C1=C[C@H]2C[C@@H]1c1c3c(c4c(c12)[C@@H]1C=C[C@H]4C1)[C@@H]1C=C[C@H]3C1. The molecule has 0 heterocycles. The normalized spacial score (nSPS) is 44.0. The fraction of sp³-hybridized carbons (Fsp3) is 0.429. The maximum atomic E-state index is 2.51. The third-order valence-electron chi connectivity index (χ3n) is 7.22. The van der Waals surface area contributed by atoms with Gasteiger partial charge in [-0.1, -0.05) is 36.5 Å². The minimum Gasteiger partial charge on any atom is -0.0803 e. The third kappa shape index (κ3) is 0.924. The maximum absolute atomic E-state index is 2.51. The van der Waals surface area contributed by atoms with E-state index in [-0.39, 0.29) is 0 Å². The summed E-state index contributed by atoms with van der Waals surface area (Å²) < 4.78 is 0. The molecule has 21 heavy (non-hydrogen) atoms. The van der Waals surface area contributed by atoms with Crippen LogP contribution in [0.3, 0.4) is 0 Å². The van der Waals surface area contributed by atoms with Gasteiger partial charge in [-0.25, -0.2) is 0 Å².